The molecule has 0 heterocycles. The smallest absolute Gasteiger partial charge is 0.261 e. The molecule has 0 aliphatic rings. The third-order valence-electron chi connectivity index (χ3n) is 5.47. The molecule has 0 bridgehead atoms. The first kappa shape index (κ1) is 27.5. The molecule has 0 aliphatic carbocycles. The van der Waals surface area contributed by atoms with E-state index in [0.717, 1.165) is 0 Å². The Labute approximate surface area is 230 Å². The number of hydrogen-bond donors (Lipinski definition) is 3. The Kier molecular flexibility index (Phi) is 7.98. The molecule has 1 amide bonds. The molecule has 0 saturated heterocycles. The summed E-state index contributed by atoms with van der Waals surface area (Å²) in [7, 11) is -7.80. The molecule has 3 N–H and O–H groups in total. The van der Waals surface area contributed by atoms with Gasteiger partial charge in [0.05, 0.1) is 26.2 Å². The number of sulfonamides is 2. The fourth-order valence-electron chi connectivity index (χ4n) is 3.49. The van der Waals surface area contributed by atoms with Gasteiger partial charge in [-0.3, -0.25) is 14.2 Å². The Morgan fingerprint density at radius 2 is 1.29 bits per heavy atom. The number of anilines is 3. The second kappa shape index (κ2) is 11.0. The minimum Gasteiger partial charge on any atom is -0.322 e. The van der Waals surface area contributed by atoms with Crippen molar-refractivity contribution in [1.82, 2.24) is 0 Å². The van der Waals surface area contributed by atoms with Crippen molar-refractivity contribution >= 4 is 66.2 Å². The quantitative estimate of drug-likeness (QED) is 0.227. The summed E-state index contributed by atoms with van der Waals surface area (Å²) >= 11 is 11.9. The maximum absolute atomic E-state index is 13.0. The van der Waals surface area contributed by atoms with Gasteiger partial charge in [-0.15, -0.1) is 0 Å². The molecule has 0 aliphatic heterocycles. The summed E-state index contributed by atoms with van der Waals surface area (Å²) in [6.45, 7) is 1.63. The highest BCUT2D eigenvalue weighted by Crippen LogP contribution is 2.28. The van der Waals surface area contributed by atoms with Crippen molar-refractivity contribution in [2.75, 3.05) is 14.8 Å². The molecule has 0 spiro atoms. The van der Waals surface area contributed by atoms with Crippen LogP contribution < -0.4 is 14.8 Å². The summed E-state index contributed by atoms with van der Waals surface area (Å²) < 4.78 is 55.8. The van der Waals surface area contributed by atoms with Crippen LogP contribution in [0.4, 0.5) is 17.1 Å². The van der Waals surface area contributed by atoms with Gasteiger partial charge in [0.15, 0.2) is 0 Å². The molecule has 0 fully saturated rings. The lowest BCUT2D eigenvalue weighted by Crippen LogP contribution is -2.17. The summed E-state index contributed by atoms with van der Waals surface area (Å²) in [5, 5.41) is 3.21. The molecule has 12 heteroatoms. The number of rotatable bonds is 8. The van der Waals surface area contributed by atoms with Gasteiger partial charge in [-0.05, 0) is 79.2 Å². The zero-order chi connectivity index (χ0) is 27.5. The van der Waals surface area contributed by atoms with Crippen LogP contribution in [-0.4, -0.2) is 22.7 Å². The lowest BCUT2D eigenvalue weighted by Gasteiger charge is -2.14. The number of nitrogens with one attached hydrogen (secondary N) is 3. The molecule has 4 aromatic carbocycles. The largest absolute Gasteiger partial charge is 0.322 e. The van der Waals surface area contributed by atoms with Crippen molar-refractivity contribution in [2.24, 2.45) is 0 Å². The number of halogens is 2. The number of hydrogen-bond acceptors (Lipinski definition) is 5. The van der Waals surface area contributed by atoms with E-state index in [0.29, 0.717) is 16.3 Å². The van der Waals surface area contributed by atoms with Gasteiger partial charge in [0.1, 0.15) is 0 Å². The average molecular weight is 591 g/mol. The lowest BCUT2D eigenvalue weighted by molar-refractivity contribution is 0.102. The fraction of sp³-hybridized carbons (Fsp3) is 0.0385. The van der Waals surface area contributed by atoms with E-state index in [4.69, 9.17) is 23.2 Å². The van der Waals surface area contributed by atoms with Crippen LogP contribution in [0.2, 0.25) is 10.0 Å². The zero-order valence-electron chi connectivity index (χ0n) is 19.8. The van der Waals surface area contributed by atoms with Gasteiger partial charge in [0, 0.05) is 16.3 Å². The second-order valence-electron chi connectivity index (χ2n) is 8.10. The maximum atomic E-state index is 13.0. The summed E-state index contributed by atoms with van der Waals surface area (Å²) in [6.07, 6.45) is 0. The Balaban J connectivity index is 1.49. The molecule has 196 valence electrons. The Morgan fingerprint density at radius 1 is 0.684 bits per heavy atom. The number of amides is 1. The third-order valence-corrected chi connectivity index (χ3v) is 8.78. The van der Waals surface area contributed by atoms with Crippen LogP contribution in [0.1, 0.15) is 15.9 Å². The van der Waals surface area contributed by atoms with Gasteiger partial charge in [-0.1, -0.05) is 47.5 Å². The van der Waals surface area contributed by atoms with Crippen molar-refractivity contribution in [3.8, 4) is 0 Å². The fourth-order valence-corrected chi connectivity index (χ4v) is 6.22. The summed E-state index contributed by atoms with van der Waals surface area (Å²) in [4.78, 5) is 13.0. The maximum Gasteiger partial charge on any atom is 0.261 e. The molecule has 0 atom stereocenters. The minimum absolute atomic E-state index is 0.0463. The SMILES string of the molecule is Cc1c(NS(=O)(=O)c2ccccc2)cccc1C(=O)Nc1ccc(S(=O)(=O)Nc2ccc(Cl)cc2Cl)cc1. The van der Waals surface area contributed by atoms with Crippen LogP contribution in [-0.2, 0) is 20.0 Å². The molecule has 0 aromatic heterocycles. The van der Waals surface area contributed by atoms with Crippen LogP contribution in [0.3, 0.4) is 0 Å². The minimum atomic E-state index is -3.95. The Hall–Kier alpha value is -3.57. The monoisotopic (exact) mass is 589 g/mol. The molecule has 0 saturated carbocycles. The standard InChI is InChI=1S/C26H21Cl2N3O5S2/c1-17-22(8-5-9-24(17)30-37(33,34)20-6-3-2-4-7-20)26(32)29-19-11-13-21(14-12-19)38(35,36)31-25-15-10-18(27)16-23(25)28/h2-16,30-31H,1H3,(H,29,32). The number of benzene rings is 4. The predicted octanol–water partition coefficient (Wildman–Crippen LogP) is 6.16. The molecule has 8 nitrogen and oxygen atoms in total. The van der Waals surface area contributed by atoms with Crippen molar-refractivity contribution < 1.29 is 21.6 Å². The first-order valence-corrected chi connectivity index (χ1v) is 14.8. The van der Waals surface area contributed by atoms with Crippen LogP contribution in [0.25, 0.3) is 0 Å². The van der Waals surface area contributed by atoms with Crippen molar-refractivity contribution in [3.63, 3.8) is 0 Å². The highest BCUT2D eigenvalue weighted by molar-refractivity contribution is 7.93. The van der Waals surface area contributed by atoms with Crippen LogP contribution in [0, 0.1) is 6.92 Å². The summed E-state index contributed by atoms with van der Waals surface area (Å²) in [5.74, 6) is -0.495. The van der Waals surface area contributed by atoms with Gasteiger partial charge < -0.3 is 5.32 Å². The highest BCUT2D eigenvalue weighted by Gasteiger charge is 2.19. The van der Waals surface area contributed by atoms with E-state index < -0.39 is 26.0 Å². The number of carbonyl (C=O) groups excluding carboxylic acids is 1. The van der Waals surface area contributed by atoms with Crippen LogP contribution in [0.15, 0.2) is 101 Å². The third kappa shape index (κ3) is 6.28. The topological polar surface area (TPSA) is 121 Å². The summed E-state index contributed by atoms with van der Waals surface area (Å²) in [6, 6.07) is 22.5. The van der Waals surface area contributed by atoms with Gasteiger partial charge in [0.25, 0.3) is 26.0 Å². The molecule has 38 heavy (non-hydrogen) atoms. The van der Waals surface area contributed by atoms with Gasteiger partial charge >= 0.3 is 0 Å². The van der Waals surface area contributed by atoms with E-state index in [1.54, 1.807) is 43.3 Å². The molecular formula is C26H21Cl2N3O5S2. The molecular weight excluding hydrogens is 569 g/mol. The van der Waals surface area contributed by atoms with Crippen LogP contribution in [0.5, 0.6) is 0 Å². The Bertz CT molecular complexity index is 1710. The molecule has 4 aromatic rings. The van der Waals surface area contributed by atoms with Gasteiger partial charge in [0.2, 0.25) is 0 Å². The lowest BCUT2D eigenvalue weighted by atomic mass is 10.1. The second-order valence-corrected chi connectivity index (χ2v) is 12.3. The molecule has 4 rings (SSSR count). The summed E-state index contributed by atoms with van der Waals surface area (Å²) in [5.41, 5.74) is 1.44. The van der Waals surface area contributed by atoms with Crippen molar-refractivity contribution in [3.05, 3.63) is 112 Å². The highest BCUT2D eigenvalue weighted by atomic mass is 35.5. The van der Waals surface area contributed by atoms with E-state index in [-0.39, 0.29) is 31.8 Å². The van der Waals surface area contributed by atoms with Gasteiger partial charge in [-0.25, -0.2) is 16.8 Å². The van der Waals surface area contributed by atoms with E-state index in [1.165, 1.54) is 54.6 Å². The first-order valence-electron chi connectivity index (χ1n) is 11.0. The van der Waals surface area contributed by atoms with E-state index in [9.17, 15) is 21.6 Å². The van der Waals surface area contributed by atoms with Crippen LogP contribution >= 0.6 is 23.2 Å². The normalized spacial score (nSPS) is 11.6. The predicted molar refractivity (Wildman–Crippen MR) is 150 cm³/mol. The van der Waals surface area contributed by atoms with E-state index in [2.05, 4.69) is 14.8 Å². The van der Waals surface area contributed by atoms with E-state index >= 15 is 0 Å². The van der Waals surface area contributed by atoms with Crippen molar-refractivity contribution in [1.29, 1.82) is 0 Å². The molecule has 0 unspecified atom stereocenters. The number of carbonyl (C=O) groups is 1. The van der Waals surface area contributed by atoms with Gasteiger partial charge in [-0.2, -0.15) is 0 Å². The zero-order valence-corrected chi connectivity index (χ0v) is 22.9. The van der Waals surface area contributed by atoms with Crippen molar-refractivity contribution in [2.45, 2.75) is 16.7 Å². The Morgan fingerprint density at radius 3 is 1.92 bits per heavy atom. The molecule has 0 radical (unpaired) electrons. The average Bonchev–Trinajstić information content (AvgIpc) is 2.88. The van der Waals surface area contributed by atoms with E-state index in [1.807, 2.05) is 0 Å². The first-order chi connectivity index (χ1) is 18.0.